The van der Waals surface area contributed by atoms with Gasteiger partial charge in [-0.15, -0.1) is 0 Å². The van der Waals surface area contributed by atoms with Gasteiger partial charge in [-0.1, -0.05) is 81.6 Å². The molecule has 0 bridgehead atoms. The monoisotopic (exact) mass is 492 g/mol. The summed E-state index contributed by atoms with van der Waals surface area (Å²) >= 11 is 0. The molecule has 0 N–H and O–H groups in total. The molecule has 0 aliphatic heterocycles. The Hall–Kier alpha value is -2.55. The van der Waals surface area contributed by atoms with Crippen molar-refractivity contribution in [2.75, 3.05) is 0 Å². The number of rotatable bonds is 10. The van der Waals surface area contributed by atoms with Crippen LogP contribution in [0.2, 0.25) is 0 Å². The van der Waals surface area contributed by atoms with Crippen molar-refractivity contribution in [2.24, 2.45) is 5.92 Å². The third-order valence-corrected chi connectivity index (χ3v) is 7.98. The van der Waals surface area contributed by atoms with Crippen molar-refractivity contribution in [2.45, 2.75) is 90.4 Å². The molecule has 0 heterocycles. The SMILES string of the molecule is CCCCc1ccc(-c2ccc(CCc3ccc(C4CCC(CCC)CC4)c(F)c3F)cc2)c(F)c1. The quantitative estimate of drug-likeness (QED) is 0.264. The van der Waals surface area contributed by atoms with Gasteiger partial charge in [0.25, 0.3) is 0 Å². The van der Waals surface area contributed by atoms with Crippen molar-refractivity contribution < 1.29 is 13.2 Å². The van der Waals surface area contributed by atoms with Crippen LogP contribution >= 0.6 is 0 Å². The molecule has 3 aromatic rings. The third-order valence-electron chi connectivity index (χ3n) is 7.98. The highest BCUT2D eigenvalue weighted by Crippen LogP contribution is 2.39. The summed E-state index contributed by atoms with van der Waals surface area (Å²) in [6, 6.07) is 16.8. The molecule has 0 saturated heterocycles. The van der Waals surface area contributed by atoms with Gasteiger partial charge < -0.3 is 0 Å². The molecule has 3 heteroatoms. The summed E-state index contributed by atoms with van der Waals surface area (Å²) in [4.78, 5) is 0. The van der Waals surface area contributed by atoms with E-state index in [9.17, 15) is 13.2 Å². The van der Waals surface area contributed by atoms with Crippen molar-refractivity contribution in [1.82, 2.24) is 0 Å². The summed E-state index contributed by atoms with van der Waals surface area (Å²) in [6.07, 6.45) is 10.7. The molecule has 0 nitrogen and oxygen atoms in total. The maximum atomic E-state index is 15.0. The van der Waals surface area contributed by atoms with Crippen LogP contribution in [0.1, 0.15) is 93.4 Å². The molecule has 3 aromatic carbocycles. The minimum Gasteiger partial charge on any atom is -0.206 e. The van der Waals surface area contributed by atoms with Gasteiger partial charge in [-0.25, -0.2) is 13.2 Å². The first-order valence-electron chi connectivity index (χ1n) is 13.8. The number of hydrogen-bond donors (Lipinski definition) is 0. The lowest BCUT2D eigenvalue weighted by atomic mass is 9.77. The summed E-state index contributed by atoms with van der Waals surface area (Å²) in [5.74, 6) is -0.667. The van der Waals surface area contributed by atoms with Gasteiger partial charge >= 0.3 is 0 Å². The molecular formula is C33H39F3. The highest BCUT2D eigenvalue weighted by atomic mass is 19.2. The van der Waals surface area contributed by atoms with Gasteiger partial charge in [0.1, 0.15) is 5.82 Å². The standard InChI is InChI=1S/C33H39F3/c1-3-5-7-25-13-20-29(31(34)22-25)26-14-10-24(11-15-26)12-18-28-19-21-30(33(36)32(28)35)27-16-8-23(6-4-2)9-17-27/h10-11,13-15,19-23,27H,3-9,12,16-18H2,1-2H3. The number of hydrogen-bond acceptors (Lipinski definition) is 0. The van der Waals surface area contributed by atoms with Gasteiger partial charge in [0.05, 0.1) is 0 Å². The molecule has 1 fully saturated rings. The predicted molar refractivity (Wildman–Crippen MR) is 144 cm³/mol. The molecule has 0 spiro atoms. The molecule has 0 atom stereocenters. The molecule has 0 aromatic heterocycles. The Bertz CT molecular complexity index is 1120. The topological polar surface area (TPSA) is 0 Å². The maximum Gasteiger partial charge on any atom is 0.162 e. The van der Waals surface area contributed by atoms with Crippen LogP contribution in [0.4, 0.5) is 13.2 Å². The van der Waals surface area contributed by atoms with Crippen LogP contribution in [0.15, 0.2) is 54.6 Å². The summed E-state index contributed by atoms with van der Waals surface area (Å²) in [7, 11) is 0. The van der Waals surface area contributed by atoms with Gasteiger partial charge in [-0.05, 0) is 97.1 Å². The Morgan fingerprint density at radius 2 is 1.42 bits per heavy atom. The first kappa shape index (κ1) is 26.5. The molecule has 1 saturated carbocycles. The van der Waals surface area contributed by atoms with E-state index in [1.165, 1.54) is 12.8 Å². The molecule has 0 unspecified atom stereocenters. The number of unbranched alkanes of at least 4 members (excludes halogenated alkanes) is 1. The second-order valence-corrected chi connectivity index (χ2v) is 10.6. The largest absolute Gasteiger partial charge is 0.206 e. The Balaban J connectivity index is 1.37. The van der Waals surface area contributed by atoms with E-state index in [1.54, 1.807) is 12.1 Å². The minimum atomic E-state index is -0.690. The fraction of sp³-hybridized carbons (Fsp3) is 0.455. The zero-order valence-electron chi connectivity index (χ0n) is 21.8. The van der Waals surface area contributed by atoms with Crippen LogP contribution in [0.5, 0.6) is 0 Å². The van der Waals surface area contributed by atoms with Crippen molar-refractivity contribution in [1.29, 1.82) is 0 Å². The zero-order chi connectivity index (χ0) is 25.5. The summed E-state index contributed by atoms with van der Waals surface area (Å²) in [5.41, 5.74) is 4.45. The molecular weight excluding hydrogens is 453 g/mol. The normalized spacial score (nSPS) is 17.9. The van der Waals surface area contributed by atoms with Gasteiger partial charge in [-0.3, -0.25) is 0 Å². The highest BCUT2D eigenvalue weighted by molar-refractivity contribution is 5.64. The fourth-order valence-corrected chi connectivity index (χ4v) is 5.74. The van der Waals surface area contributed by atoms with E-state index in [-0.39, 0.29) is 11.7 Å². The van der Waals surface area contributed by atoms with E-state index in [2.05, 4.69) is 13.8 Å². The molecule has 0 radical (unpaired) electrons. The van der Waals surface area contributed by atoms with E-state index in [1.807, 2.05) is 42.5 Å². The van der Waals surface area contributed by atoms with Gasteiger partial charge in [0, 0.05) is 5.56 Å². The lowest BCUT2D eigenvalue weighted by Gasteiger charge is -2.29. The maximum absolute atomic E-state index is 15.0. The van der Waals surface area contributed by atoms with Crippen LogP contribution in [0, 0.1) is 23.4 Å². The molecule has 1 aliphatic rings. The van der Waals surface area contributed by atoms with E-state index in [0.717, 1.165) is 67.6 Å². The van der Waals surface area contributed by atoms with Crippen LogP contribution < -0.4 is 0 Å². The fourth-order valence-electron chi connectivity index (χ4n) is 5.74. The average Bonchev–Trinajstić information content (AvgIpc) is 2.90. The third kappa shape index (κ3) is 6.41. The van der Waals surface area contributed by atoms with E-state index in [0.29, 0.717) is 29.5 Å². The predicted octanol–water partition coefficient (Wildman–Crippen LogP) is 9.97. The van der Waals surface area contributed by atoms with Crippen molar-refractivity contribution in [3.63, 3.8) is 0 Å². The summed E-state index contributed by atoms with van der Waals surface area (Å²) in [6.45, 7) is 4.34. The number of benzene rings is 3. The molecule has 0 amide bonds. The van der Waals surface area contributed by atoms with Crippen molar-refractivity contribution in [3.8, 4) is 11.1 Å². The second-order valence-electron chi connectivity index (χ2n) is 10.6. The average molecular weight is 493 g/mol. The Morgan fingerprint density at radius 1 is 0.694 bits per heavy atom. The molecule has 36 heavy (non-hydrogen) atoms. The lowest BCUT2D eigenvalue weighted by Crippen LogP contribution is -2.15. The zero-order valence-corrected chi connectivity index (χ0v) is 21.8. The first-order valence-corrected chi connectivity index (χ1v) is 13.8. The van der Waals surface area contributed by atoms with Gasteiger partial charge in [0.2, 0.25) is 0 Å². The summed E-state index contributed by atoms with van der Waals surface area (Å²) in [5, 5.41) is 0. The van der Waals surface area contributed by atoms with E-state index < -0.39 is 11.6 Å². The van der Waals surface area contributed by atoms with Gasteiger partial charge in [-0.2, -0.15) is 0 Å². The van der Waals surface area contributed by atoms with E-state index in [4.69, 9.17) is 0 Å². The van der Waals surface area contributed by atoms with Crippen LogP contribution in [-0.4, -0.2) is 0 Å². The second kappa shape index (κ2) is 12.6. The number of halogens is 3. The molecule has 4 rings (SSSR count). The summed E-state index contributed by atoms with van der Waals surface area (Å²) < 4.78 is 44.6. The molecule has 1 aliphatic carbocycles. The smallest absolute Gasteiger partial charge is 0.162 e. The number of aryl methyl sites for hydroxylation is 3. The van der Waals surface area contributed by atoms with Crippen LogP contribution in [0.3, 0.4) is 0 Å². The lowest BCUT2D eigenvalue weighted by molar-refractivity contribution is 0.302. The Labute approximate surface area is 215 Å². The van der Waals surface area contributed by atoms with Crippen LogP contribution in [0.25, 0.3) is 11.1 Å². The Morgan fingerprint density at radius 3 is 2.08 bits per heavy atom. The van der Waals surface area contributed by atoms with Crippen molar-refractivity contribution >= 4 is 0 Å². The molecule has 192 valence electrons. The Kier molecular flexibility index (Phi) is 9.29. The van der Waals surface area contributed by atoms with Crippen molar-refractivity contribution in [3.05, 3.63) is 94.3 Å². The minimum absolute atomic E-state index is 0.135. The first-order chi connectivity index (χ1) is 17.5. The van der Waals surface area contributed by atoms with Crippen LogP contribution in [-0.2, 0) is 19.3 Å². The van der Waals surface area contributed by atoms with Gasteiger partial charge in [0.15, 0.2) is 11.6 Å². The highest BCUT2D eigenvalue weighted by Gasteiger charge is 2.26. The van der Waals surface area contributed by atoms with E-state index >= 15 is 0 Å².